The van der Waals surface area contributed by atoms with Crippen LogP contribution in [0.4, 0.5) is 0 Å². The van der Waals surface area contributed by atoms with Crippen LogP contribution in [0.3, 0.4) is 0 Å². The molecular weight excluding hydrogens is 314 g/mol. The fourth-order valence-electron chi connectivity index (χ4n) is 3.20. The van der Waals surface area contributed by atoms with Gasteiger partial charge in [0.25, 0.3) is 5.56 Å². The molecule has 0 fully saturated rings. The molecule has 3 aromatic rings. The number of fused-ring (bicyclic) bond motifs is 1. The molecule has 130 valence electrons. The summed E-state index contributed by atoms with van der Waals surface area (Å²) in [5.74, 6) is 0.895. The van der Waals surface area contributed by atoms with Crippen molar-refractivity contribution in [2.75, 3.05) is 14.2 Å². The lowest BCUT2D eigenvalue weighted by molar-refractivity contribution is -0.908. The smallest absolute Gasteiger partial charge is 0.258 e. The van der Waals surface area contributed by atoms with E-state index in [1.807, 2.05) is 37.3 Å². The van der Waals surface area contributed by atoms with Crippen molar-refractivity contribution in [2.24, 2.45) is 0 Å². The van der Waals surface area contributed by atoms with Gasteiger partial charge in [0.2, 0.25) is 0 Å². The minimum atomic E-state index is -0.0287. The molecule has 0 radical (unpaired) electrons. The first kappa shape index (κ1) is 17.2. The number of ether oxygens (including phenoxy) is 1. The third-order valence-corrected chi connectivity index (χ3v) is 4.34. The molecule has 1 aromatic carbocycles. The molecule has 0 bridgehead atoms. The zero-order valence-corrected chi connectivity index (χ0v) is 15.2. The van der Waals surface area contributed by atoms with Gasteiger partial charge in [-0.2, -0.15) is 0 Å². The number of pyridine rings is 1. The Hall–Kier alpha value is -2.66. The van der Waals surface area contributed by atoms with Crippen molar-refractivity contribution in [3.8, 4) is 5.75 Å². The fourth-order valence-corrected chi connectivity index (χ4v) is 3.20. The van der Waals surface area contributed by atoms with E-state index in [1.165, 1.54) is 10.5 Å². The van der Waals surface area contributed by atoms with E-state index in [2.05, 4.69) is 25.0 Å². The van der Waals surface area contributed by atoms with Gasteiger partial charge in [-0.3, -0.25) is 9.20 Å². The Kier molecular flexibility index (Phi) is 4.86. The highest BCUT2D eigenvalue weighted by Crippen LogP contribution is 2.18. The third kappa shape index (κ3) is 3.72. The van der Waals surface area contributed by atoms with Gasteiger partial charge in [-0.25, -0.2) is 4.98 Å². The van der Waals surface area contributed by atoms with Gasteiger partial charge in [0, 0.05) is 17.3 Å². The monoisotopic (exact) mass is 338 g/mol. The van der Waals surface area contributed by atoms with Crippen LogP contribution >= 0.6 is 0 Å². The van der Waals surface area contributed by atoms with Crippen molar-refractivity contribution in [3.63, 3.8) is 0 Å². The predicted molar refractivity (Wildman–Crippen MR) is 98.2 cm³/mol. The van der Waals surface area contributed by atoms with Gasteiger partial charge in [-0.1, -0.05) is 17.7 Å². The number of benzene rings is 1. The standard InChI is InChI=1S/C20H23N3O2/c1-14-8-9-18(25-4)16(10-14)12-22(3)13-17-11-20(24)23-15(2)6-5-7-19(23)21-17/h5-11H,12-13H2,1-4H3/p+1. The minimum absolute atomic E-state index is 0.0287. The van der Waals surface area contributed by atoms with E-state index in [9.17, 15) is 4.79 Å². The van der Waals surface area contributed by atoms with E-state index < -0.39 is 0 Å². The number of quaternary nitrogens is 1. The van der Waals surface area contributed by atoms with Gasteiger partial charge in [-0.15, -0.1) is 0 Å². The van der Waals surface area contributed by atoms with Gasteiger partial charge in [0.1, 0.15) is 30.2 Å². The molecule has 2 heterocycles. The average Bonchev–Trinajstić information content (AvgIpc) is 2.54. The minimum Gasteiger partial charge on any atom is -0.496 e. The lowest BCUT2D eigenvalue weighted by atomic mass is 10.1. The zero-order valence-electron chi connectivity index (χ0n) is 15.2. The lowest BCUT2D eigenvalue weighted by Gasteiger charge is -2.16. The Balaban J connectivity index is 1.84. The van der Waals surface area contributed by atoms with Crippen molar-refractivity contribution in [3.05, 3.63) is 75.3 Å². The number of methoxy groups -OCH3 is 1. The highest BCUT2D eigenvalue weighted by molar-refractivity contribution is 5.40. The molecule has 0 aliphatic rings. The summed E-state index contributed by atoms with van der Waals surface area (Å²) in [4.78, 5) is 18.3. The second-order valence-electron chi connectivity index (χ2n) is 6.57. The largest absolute Gasteiger partial charge is 0.496 e. The summed E-state index contributed by atoms with van der Waals surface area (Å²) in [6.45, 7) is 5.47. The number of aromatic nitrogens is 2. The van der Waals surface area contributed by atoms with Crippen LogP contribution in [-0.4, -0.2) is 23.5 Å². The first-order chi connectivity index (χ1) is 12.0. The predicted octanol–water partition coefficient (Wildman–Crippen LogP) is 1.53. The van der Waals surface area contributed by atoms with Gasteiger partial charge < -0.3 is 9.64 Å². The van der Waals surface area contributed by atoms with Gasteiger partial charge in [0.15, 0.2) is 0 Å². The molecule has 5 heteroatoms. The molecule has 1 N–H and O–H groups in total. The highest BCUT2D eigenvalue weighted by Gasteiger charge is 2.12. The SMILES string of the molecule is COc1ccc(C)cc1C[NH+](C)Cc1cc(=O)n2c(C)cccc2n1. The normalized spacial score (nSPS) is 12.3. The van der Waals surface area contributed by atoms with Crippen molar-refractivity contribution in [1.29, 1.82) is 0 Å². The molecular formula is C20H24N3O2+. The van der Waals surface area contributed by atoms with E-state index in [0.717, 1.165) is 29.2 Å². The Labute approximate surface area is 147 Å². The molecule has 0 aliphatic heterocycles. The molecule has 0 spiro atoms. The molecule has 3 rings (SSSR count). The van der Waals surface area contributed by atoms with Crippen molar-refractivity contribution in [2.45, 2.75) is 26.9 Å². The van der Waals surface area contributed by atoms with Crippen LogP contribution < -0.4 is 15.2 Å². The molecule has 0 saturated carbocycles. The first-order valence-electron chi connectivity index (χ1n) is 8.41. The number of rotatable bonds is 5. The van der Waals surface area contributed by atoms with Crippen molar-refractivity contribution in [1.82, 2.24) is 9.38 Å². The van der Waals surface area contributed by atoms with Gasteiger partial charge >= 0.3 is 0 Å². The molecule has 0 aliphatic carbocycles. The van der Waals surface area contributed by atoms with Crippen molar-refractivity contribution >= 4 is 5.65 Å². The molecule has 25 heavy (non-hydrogen) atoms. The van der Waals surface area contributed by atoms with Crippen LogP contribution in [0.1, 0.15) is 22.5 Å². The van der Waals surface area contributed by atoms with Crippen LogP contribution in [0, 0.1) is 13.8 Å². The Bertz CT molecular complexity index is 963. The maximum Gasteiger partial charge on any atom is 0.258 e. The van der Waals surface area contributed by atoms with Crippen LogP contribution in [-0.2, 0) is 13.1 Å². The Morgan fingerprint density at radius 3 is 2.68 bits per heavy atom. The summed E-state index contributed by atoms with van der Waals surface area (Å²) in [5, 5.41) is 0. The van der Waals surface area contributed by atoms with Crippen LogP contribution in [0.15, 0.2) is 47.3 Å². The van der Waals surface area contributed by atoms with Gasteiger partial charge in [-0.05, 0) is 38.1 Å². The molecule has 5 nitrogen and oxygen atoms in total. The van der Waals surface area contributed by atoms with Gasteiger partial charge in [0.05, 0.1) is 14.2 Å². The molecule has 0 amide bonds. The number of nitrogens with one attached hydrogen (secondary N) is 1. The van der Waals surface area contributed by atoms with Crippen LogP contribution in [0.5, 0.6) is 5.75 Å². The summed E-state index contributed by atoms with van der Waals surface area (Å²) < 4.78 is 7.10. The summed E-state index contributed by atoms with van der Waals surface area (Å²) in [7, 11) is 3.79. The second kappa shape index (κ2) is 7.07. The van der Waals surface area contributed by atoms with Crippen molar-refractivity contribution < 1.29 is 9.64 Å². The summed E-state index contributed by atoms with van der Waals surface area (Å²) in [6.07, 6.45) is 0. The van der Waals surface area contributed by atoms with Crippen LogP contribution in [0.25, 0.3) is 5.65 Å². The van der Waals surface area contributed by atoms with E-state index >= 15 is 0 Å². The number of hydrogen-bond acceptors (Lipinski definition) is 3. The Morgan fingerprint density at radius 1 is 1.12 bits per heavy atom. The quantitative estimate of drug-likeness (QED) is 0.768. The summed E-state index contributed by atoms with van der Waals surface area (Å²) in [6, 6.07) is 13.5. The molecule has 2 aromatic heterocycles. The molecule has 0 saturated heterocycles. The maximum absolute atomic E-state index is 12.4. The Morgan fingerprint density at radius 2 is 1.92 bits per heavy atom. The van der Waals surface area contributed by atoms with E-state index in [0.29, 0.717) is 12.2 Å². The fraction of sp³-hybridized carbons (Fsp3) is 0.300. The first-order valence-corrected chi connectivity index (χ1v) is 8.41. The van der Waals surface area contributed by atoms with E-state index in [4.69, 9.17) is 4.74 Å². The lowest BCUT2D eigenvalue weighted by Crippen LogP contribution is -3.06. The maximum atomic E-state index is 12.4. The number of hydrogen-bond donors (Lipinski definition) is 1. The summed E-state index contributed by atoms with van der Waals surface area (Å²) >= 11 is 0. The van der Waals surface area contributed by atoms with E-state index in [-0.39, 0.29) is 5.56 Å². The topological polar surface area (TPSA) is 48.0 Å². The molecule has 1 atom stereocenters. The van der Waals surface area contributed by atoms with E-state index in [1.54, 1.807) is 17.6 Å². The second-order valence-corrected chi connectivity index (χ2v) is 6.57. The summed E-state index contributed by atoms with van der Waals surface area (Å²) in [5.41, 5.74) is 4.74. The molecule has 1 unspecified atom stereocenters. The zero-order chi connectivity index (χ0) is 18.0. The van der Waals surface area contributed by atoms with Crippen LogP contribution in [0.2, 0.25) is 0 Å². The number of nitrogens with zero attached hydrogens (tertiary/aromatic N) is 2. The average molecular weight is 338 g/mol. The third-order valence-electron chi connectivity index (χ3n) is 4.34. The highest BCUT2D eigenvalue weighted by atomic mass is 16.5. The number of aryl methyl sites for hydroxylation is 2.